The molecule has 1 amide bonds. The molecule has 1 atom stereocenters. The molecule has 0 aliphatic carbocycles. The maximum absolute atomic E-state index is 12.7. The van der Waals surface area contributed by atoms with Crippen LogP contribution in [0.2, 0.25) is 0 Å². The fourth-order valence-corrected chi connectivity index (χ4v) is 3.80. The standard InChI is InChI=1S/C20H25N3O4S/c1-3-27-18-7-4-15-10-11-23(13-16(15)12-18)14(2)20(24)22-17-5-8-19(9-6-17)28(21,25)26/h4-9,12,14H,3,10-11,13H2,1-2H3,(H,22,24)(H2,21,25,26). The van der Waals surface area contributed by atoms with Crippen LogP contribution in [0.4, 0.5) is 5.69 Å². The summed E-state index contributed by atoms with van der Waals surface area (Å²) in [5, 5.41) is 7.92. The molecular formula is C20H25N3O4S. The third-order valence-electron chi connectivity index (χ3n) is 4.91. The second kappa shape index (κ2) is 8.30. The van der Waals surface area contributed by atoms with Crippen molar-refractivity contribution in [3.8, 4) is 5.75 Å². The summed E-state index contributed by atoms with van der Waals surface area (Å²) in [4.78, 5) is 14.8. The fraction of sp³-hybridized carbons (Fsp3) is 0.350. The Morgan fingerprint density at radius 3 is 2.57 bits per heavy atom. The zero-order valence-corrected chi connectivity index (χ0v) is 16.8. The topological polar surface area (TPSA) is 102 Å². The molecule has 0 spiro atoms. The van der Waals surface area contributed by atoms with E-state index < -0.39 is 10.0 Å². The van der Waals surface area contributed by atoms with Gasteiger partial charge < -0.3 is 10.1 Å². The average Bonchev–Trinajstić information content (AvgIpc) is 2.66. The van der Waals surface area contributed by atoms with Crippen molar-refractivity contribution in [1.29, 1.82) is 0 Å². The summed E-state index contributed by atoms with van der Waals surface area (Å²) < 4.78 is 28.2. The Morgan fingerprint density at radius 1 is 1.21 bits per heavy atom. The molecule has 0 saturated carbocycles. The zero-order valence-electron chi connectivity index (χ0n) is 16.0. The van der Waals surface area contributed by atoms with Gasteiger partial charge >= 0.3 is 0 Å². The van der Waals surface area contributed by atoms with E-state index in [1.54, 1.807) is 0 Å². The first-order valence-corrected chi connectivity index (χ1v) is 10.7. The van der Waals surface area contributed by atoms with Crippen molar-refractivity contribution < 1.29 is 17.9 Å². The highest BCUT2D eigenvalue weighted by molar-refractivity contribution is 7.89. The maximum atomic E-state index is 12.7. The highest BCUT2D eigenvalue weighted by atomic mass is 32.2. The second-order valence-corrected chi connectivity index (χ2v) is 8.38. The Bertz CT molecular complexity index is 958. The van der Waals surface area contributed by atoms with Crippen LogP contribution in [0, 0.1) is 0 Å². The number of nitrogens with zero attached hydrogens (tertiary/aromatic N) is 1. The SMILES string of the molecule is CCOc1ccc2c(c1)CN(C(C)C(=O)Nc1ccc(S(N)(=O)=O)cc1)CC2. The number of carbonyl (C=O) groups excluding carboxylic acids is 1. The van der Waals surface area contributed by atoms with Crippen LogP contribution in [0.1, 0.15) is 25.0 Å². The van der Waals surface area contributed by atoms with E-state index >= 15 is 0 Å². The van der Waals surface area contributed by atoms with Crippen LogP contribution in [-0.4, -0.2) is 38.4 Å². The highest BCUT2D eigenvalue weighted by Crippen LogP contribution is 2.25. The van der Waals surface area contributed by atoms with Crippen molar-refractivity contribution in [2.75, 3.05) is 18.5 Å². The molecule has 1 aliphatic heterocycles. The van der Waals surface area contributed by atoms with Gasteiger partial charge in [0.1, 0.15) is 5.75 Å². The number of rotatable bonds is 6. The van der Waals surface area contributed by atoms with Crippen LogP contribution < -0.4 is 15.2 Å². The summed E-state index contributed by atoms with van der Waals surface area (Å²) in [7, 11) is -3.75. The zero-order chi connectivity index (χ0) is 20.3. The smallest absolute Gasteiger partial charge is 0.241 e. The van der Waals surface area contributed by atoms with Gasteiger partial charge in [0.2, 0.25) is 15.9 Å². The molecule has 1 heterocycles. The van der Waals surface area contributed by atoms with E-state index in [1.807, 2.05) is 26.0 Å². The van der Waals surface area contributed by atoms with Crippen molar-refractivity contribution in [3.63, 3.8) is 0 Å². The largest absolute Gasteiger partial charge is 0.494 e. The summed E-state index contributed by atoms with van der Waals surface area (Å²) in [6.45, 7) is 5.90. The Kier molecular flexibility index (Phi) is 6.02. The van der Waals surface area contributed by atoms with Gasteiger partial charge in [0.15, 0.2) is 0 Å². The van der Waals surface area contributed by atoms with Gasteiger partial charge in [-0.25, -0.2) is 13.6 Å². The molecule has 0 bridgehead atoms. The number of hydrogen-bond donors (Lipinski definition) is 2. The van der Waals surface area contributed by atoms with Crippen molar-refractivity contribution in [1.82, 2.24) is 4.90 Å². The number of carbonyl (C=O) groups is 1. The molecule has 28 heavy (non-hydrogen) atoms. The molecule has 3 rings (SSSR count). The van der Waals surface area contributed by atoms with Gasteiger partial charge in [-0.3, -0.25) is 9.69 Å². The van der Waals surface area contributed by atoms with Crippen LogP contribution in [-0.2, 0) is 27.8 Å². The van der Waals surface area contributed by atoms with E-state index in [2.05, 4.69) is 16.3 Å². The monoisotopic (exact) mass is 403 g/mol. The molecule has 3 N–H and O–H groups in total. The van der Waals surface area contributed by atoms with E-state index in [9.17, 15) is 13.2 Å². The van der Waals surface area contributed by atoms with Crippen LogP contribution >= 0.6 is 0 Å². The number of sulfonamides is 1. The molecule has 2 aromatic carbocycles. The molecule has 0 aromatic heterocycles. The maximum Gasteiger partial charge on any atom is 0.241 e. The van der Waals surface area contributed by atoms with Gasteiger partial charge in [0, 0.05) is 18.8 Å². The van der Waals surface area contributed by atoms with Gasteiger partial charge in [-0.05, 0) is 67.8 Å². The molecule has 150 valence electrons. The molecule has 2 aromatic rings. The first-order valence-electron chi connectivity index (χ1n) is 9.20. The molecule has 8 heteroatoms. The summed E-state index contributed by atoms with van der Waals surface area (Å²) >= 11 is 0. The van der Waals surface area contributed by atoms with E-state index in [0.717, 1.165) is 18.7 Å². The van der Waals surface area contributed by atoms with Crippen molar-refractivity contribution in [3.05, 3.63) is 53.6 Å². The molecule has 7 nitrogen and oxygen atoms in total. The van der Waals surface area contributed by atoms with Crippen molar-refractivity contribution >= 4 is 21.6 Å². The number of nitrogens with two attached hydrogens (primary N) is 1. The molecule has 0 saturated heterocycles. The lowest BCUT2D eigenvalue weighted by molar-refractivity contribution is -0.121. The third kappa shape index (κ3) is 4.70. The quantitative estimate of drug-likeness (QED) is 0.769. The van der Waals surface area contributed by atoms with E-state index in [4.69, 9.17) is 9.88 Å². The predicted octanol–water partition coefficient (Wildman–Crippen LogP) is 2.12. The highest BCUT2D eigenvalue weighted by Gasteiger charge is 2.25. The minimum Gasteiger partial charge on any atom is -0.494 e. The molecule has 1 aliphatic rings. The first kappa shape index (κ1) is 20.3. The van der Waals surface area contributed by atoms with E-state index in [0.29, 0.717) is 18.8 Å². The fourth-order valence-electron chi connectivity index (χ4n) is 3.28. The number of fused-ring (bicyclic) bond motifs is 1. The Labute approximate surface area is 165 Å². The molecule has 1 unspecified atom stereocenters. The Hall–Kier alpha value is -2.42. The van der Waals surface area contributed by atoms with Crippen LogP contribution in [0.15, 0.2) is 47.4 Å². The van der Waals surface area contributed by atoms with Crippen molar-refractivity contribution in [2.45, 2.75) is 37.8 Å². The summed E-state index contributed by atoms with van der Waals surface area (Å²) in [5.74, 6) is 0.697. The summed E-state index contributed by atoms with van der Waals surface area (Å²) in [5.41, 5.74) is 2.99. The number of benzene rings is 2. The lowest BCUT2D eigenvalue weighted by atomic mass is 9.98. The Balaban J connectivity index is 1.66. The first-order chi connectivity index (χ1) is 13.3. The van der Waals surface area contributed by atoms with Gasteiger partial charge in [-0.1, -0.05) is 6.07 Å². The number of ether oxygens (including phenoxy) is 1. The second-order valence-electron chi connectivity index (χ2n) is 6.82. The van der Waals surface area contributed by atoms with E-state index in [1.165, 1.54) is 35.4 Å². The number of amides is 1. The van der Waals surface area contributed by atoms with Crippen LogP contribution in [0.3, 0.4) is 0 Å². The minimum atomic E-state index is -3.75. The molecule has 0 radical (unpaired) electrons. The Morgan fingerprint density at radius 2 is 1.93 bits per heavy atom. The average molecular weight is 404 g/mol. The summed E-state index contributed by atoms with van der Waals surface area (Å²) in [6, 6.07) is 11.6. The van der Waals surface area contributed by atoms with Gasteiger partial charge in [-0.15, -0.1) is 0 Å². The third-order valence-corrected chi connectivity index (χ3v) is 5.84. The van der Waals surface area contributed by atoms with Gasteiger partial charge in [0.05, 0.1) is 17.5 Å². The van der Waals surface area contributed by atoms with Crippen LogP contribution in [0.5, 0.6) is 5.75 Å². The number of hydrogen-bond acceptors (Lipinski definition) is 5. The molecular weight excluding hydrogens is 378 g/mol. The number of primary sulfonamides is 1. The number of anilines is 1. The normalized spacial score (nSPS) is 15.5. The lowest BCUT2D eigenvalue weighted by Crippen LogP contribution is -2.44. The minimum absolute atomic E-state index is 0.0105. The van der Waals surface area contributed by atoms with Crippen LogP contribution in [0.25, 0.3) is 0 Å². The van der Waals surface area contributed by atoms with E-state index in [-0.39, 0.29) is 16.8 Å². The van der Waals surface area contributed by atoms with Gasteiger partial charge in [-0.2, -0.15) is 0 Å². The predicted molar refractivity (Wildman–Crippen MR) is 108 cm³/mol. The van der Waals surface area contributed by atoms with Gasteiger partial charge in [0.25, 0.3) is 0 Å². The molecule has 0 fully saturated rings. The summed E-state index contributed by atoms with van der Waals surface area (Å²) in [6.07, 6.45) is 0.877. The van der Waals surface area contributed by atoms with Crippen molar-refractivity contribution in [2.24, 2.45) is 5.14 Å². The number of nitrogens with one attached hydrogen (secondary N) is 1. The lowest BCUT2D eigenvalue weighted by Gasteiger charge is -2.33.